The quantitative estimate of drug-likeness (QED) is 0.446. The van der Waals surface area contributed by atoms with E-state index in [1.165, 1.54) is 31.4 Å². The highest BCUT2D eigenvalue weighted by molar-refractivity contribution is 7.92. The van der Waals surface area contributed by atoms with Crippen molar-refractivity contribution in [3.8, 4) is 5.75 Å². The number of anilines is 1. The van der Waals surface area contributed by atoms with Crippen LogP contribution >= 0.6 is 0 Å². The van der Waals surface area contributed by atoms with Gasteiger partial charge in [0.25, 0.3) is 11.8 Å². The Labute approximate surface area is 193 Å². The molecule has 9 heteroatoms. The lowest BCUT2D eigenvalue weighted by Gasteiger charge is -2.16. The normalized spacial score (nSPS) is 11.6. The van der Waals surface area contributed by atoms with Gasteiger partial charge in [-0.3, -0.25) is 9.59 Å². The summed E-state index contributed by atoms with van der Waals surface area (Å²) in [6.07, 6.45) is 2.73. The number of carbonyl (C=O) groups excluding carboxylic acids is 2. The maximum Gasteiger partial charge on any atom is 0.286 e. The van der Waals surface area contributed by atoms with E-state index >= 15 is 0 Å². The maximum atomic E-state index is 13.0. The first-order valence-electron chi connectivity index (χ1n) is 10.8. The Morgan fingerprint density at radius 1 is 1.06 bits per heavy atom. The number of carbonyl (C=O) groups is 2. The van der Waals surface area contributed by atoms with Crippen LogP contribution < -0.4 is 15.8 Å². The SMILES string of the molecule is CCCC(CCC)S(=O)(=O)c1ccc(C(=O)Nc2c(C(N)=O)oc3cc(OC)ccc23)cc1. The summed E-state index contributed by atoms with van der Waals surface area (Å²) in [5.74, 6) is -1.03. The van der Waals surface area contributed by atoms with Gasteiger partial charge in [0.2, 0.25) is 5.76 Å². The number of nitrogens with one attached hydrogen (secondary N) is 1. The molecule has 0 saturated heterocycles. The smallest absolute Gasteiger partial charge is 0.286 e. The number of furan rings is 1. The highest BCUT2D eigenvalue weighted by Gasteiger charge is 2.26. The molecule has 0 bridgehead atoms. The van der Waals surface area contributed by atoms with Gasteiger partial charge in [-0.05, 0) is 49.2 Å². The molecule has 0 aliphatic carbocycles. The van der Waals surface area contributed by atoms with Crippen LogP contribution in [0.2, 0.25) is 0 Å². The molecule has 0 aliphatic heterocycles. The summed E-state index contributed by atoms with van der Waals surface area (Å²) in [5.41, 5.74) is 6.14. The third-order valence-corrected chi connectivity index (χ3v) is 7.74. The van der Waals surface area contributed by atoms with E-state index in [2.05, 4.69) is 5.32 Å². The van der Waals surface area contributed by atoms with Crippen molar-refractivity contribution < 1.29 is 27.2 Å². The third kappa shape index (κ3) is 5.03. The van der Waals surface area contributed by atoms with Crippen LogP contribution in [0.4, 0.5) is 5.69 Å². The number of primary amides is 1. The van der Waals surface area contributed by atoms with Crippen LogP contribution in [0.5, 0.6) is 5.75 Å². The molecule has 0 fully saturated rings. The molecule has 8 nitrogen and oxygen atoms in total. The van der Waals surface area contributed by atoms with E-state index in [0.717, 1.165) is 12.8 Å². The summed E-state index contributed by atoms with van der Waals surface area (Å²) < 4.78 is 36.7. The third-order valence-electron chi connectivity index (χ3n) is 5.46. The molecule has 1 aromatic heterocycles. The topological polar surface area (TPSA) is 129 Å². The van der Waals surface area contributed by atoms with Gasteiger partial charge in [0.1, 0.15) is 17.0 Å². The minimum absolute atomic E-state index is 0.146. The molecule has 2 amide bonds. The molecule has 0 spiro atoms. The Bertz CT molecular complexity index is 1260. The summed E-state index contributed by atoms with van der Waals surface area (Å²) in [6.45, 7) is 3.92. The largest absolute Gasteiger partial charge is 0.497 e. The van der Waals surface area contributed by atoms with E-state index in [1.54, 1.807) is 18.2 Å². The summed E-state index contributed by atoms with van der Waals surface area (Å²) >= 11 is 0. The molecule has 176 valence electrons. The Kier molecular flexibility index (Phi) is 7.43. The number of amides is 2. The zero-order chi connectivity index (χ0) is 24.2. The van der Waals surface area contributed by atoms with E-state index in [4.69, 9.17) is 14.9 Å². The average molecular weight is 473 g/mol. The Hall–Kier alpha value is -3.33. The van der Waals surface area contributed by atoms with Gasteiger partial charge in [0.05, 0.1) is 17.3 Å². The lowest BCUT2D eigenvalue weighted by molar-refractivity contribution is 0.0977. The Balaban J connectivity index is 1.89. The summed E-state index contributed by atoms with van der Waals surface area (Å²) in [5, 5.41) is 2.71. The highest BCUT2D eigenvalue weighted by atomic mass is 32.2. The average Bonchev–Trinajstić information content (AvgIpc) is 3.16. The van der Waals surface area contributed by atoms with Crippen LogP contribution in [0.3, 0.4) is 0 Å². The fourth-order valence-electron chi connectivity index (χ4n) is 3.77. The van der Waals surface area contributed by atoms with Crippen molar-refractivity contribution in [3.63, 3.8) is 0 Å². The molecular weight excluding hydrogens is 444 g/mol. The molecule has 0 radical (unpaired) electrons. The molecule has 0 unspecified atom stereocenters. The van der Waals surface area contributed by atoms with Crippen LogP contribution in [-0.4, -0.2) is 32.6 Å². The predicted molar refractivity (Wildman–Crippen MR) is 126 cm³/mol. The van der Waals surface area contributed by atoms with Crippen LogP contribution in [0.25, 0.3) is 11.0 Å². The summed E-state index contributed by atoms with van der Waals surface area (Å²) in [6, 6.07) is 10.7. The first-order chi connectivity index (χ1) is 15.7. The van der Waals surface area contributed by atoms with Crippen LogP contribution in [-0.2, 0) is 9.84 Å². The monoisotopic (exact) mass is 472 g/mol. The minimum atomic E-state index is -3.49. The lowest BCUT2D eigenvalue weighted by atomic mass is 10.1. The molecule has 33 heavy (non-hydrogen) atoms. The minimum Gasteiger partial charge on any atom is -0.497 e. The first kappa shape index (κ1) is 24.3. The first-order valence-corrected chi connectivity index (χ1v) is 12.3. The van der Waals surface area contributed by atoms with Crippen LogP contribution in [0.15, 0.2) is 51.8 Å². The number of rotatable bonds is 10. The van der Waals surface area contributed by atoms with Gasteiger partial charge >= 0.3 is 0 Å². The van der Waals surface area contributed by atoms with Crippen LogP contribution in [0.1, 0.15) is 60.4 Å². The molecule has 3 aromatic rings. The number of sulfone groups is 1. The van der Waals surface area contributed by atoms with Crippen molar-refractivity contribution >= 4 is 38.3 Å². The molecular formula is C24H28N2O6S. The van der Waals surface area contributed by atoms with Crippen molar-refractivity contribution in [2.45, 2.75) is 49.7 Å². The van der Waals surface area contributed by atoms with Crippen LogP contribution in [0, 0.1) is 0 Å². The maximum absolute atomic E-state index is 13.0. The van der Waals surface area contributed by atoms with Crippen molar-refractivity contribution in [2.75, 3.05) is 12.4 Å². The van der Waals surface area contributed by atoms with E-state index < -0.39 is 26.9 Å². The second-order valence-corrected chi connectivity index (χ2v) is 9.98. The van der Waals surface area contributed by atoms with Gasteiger partial charge in [0, 0.05) is 17.0 Å². The van der Waals surface area contributed by atoms with E-state index in [1.807, 2.05) is 13.8 Å². The van der Waals surface area contributed by atoms with Crippen molar-refractivity contribution in [1.82, 2.24) is 0 Å². The zero-order valence-corrected chi connectivity index (χ0v) is 19.7. The van der Waals surface area contributed by atoms with Gasteiger partial charge in [0.15, 0.2) is 9.84 Å². The molecule has 3 N–H and O–H groups in total. The van der Waals surface area contributed by atoms with Crippen molar-refractivity contribution in [3.05, 3.63) is 53.8 Å². The number of hydrogen-bond donors (Lipinski definition) is 2. The Morgan fingerprint density at radius 2 is 1.70 bits per heavy atom. The second kappa shape index (κ2) is 10.1. The van der Waals surface area contributed by atoms with Gasteiger partial charge in [-0.15, -0.1) is 0 Å². The standard InChI is InChI=1S/C24H28N2O6S/c1-4-6-17(7-5-2)33(29,30)18-11-8-15(9-12-18)24(28)26-21-19-13-10-16(31-3)14-20(19)32-22(21)23(25)27/h8-14,17H,4-7H2,1-3H3,(H2,25,27)(H,26,28). The van der Waals surface area contributed by atoms with E-state index in [0.29, 0.717) is 29.6 Å². The number of fused-ring (bicyclic) bond motifs is 1. The fraction of sp³-hybridized carbons (Fsp3) is 0.333. The molecule has 0 saturated carbocycles. The van der Waals surface area contributed by atoms with Gasteiger partial charge < -0.3 is 20.2 Å². The zero-order valence-electron chi connectivity index (χ0n) is 18.9. The molecule has 0 atom stereocenters. The van der Waals surface area contributed by atoms with E-state index in [9.17, 15) is 18.0 Å². The highest BCUT2D eigenvalue weighted by Crippen LogP contribution is 2.33. The fourth-order valence-corrected chi connectivity index (χ4v) is 5.77. The predicted octanol–water partition coefficient (Wildman–Crippen LogP) is 4.54. The van der Waals surface area contributed by atoms with E-state index in [-0.39, 0.29) is 21.9 Å². The number of ether oxygens (including phenoxy) is 1. The molecule has 1 heterocycles. The lowest BCUT2D eigenvalue weighted by Crippen LogP contribution is -2.21. The van der Waals surface area contributed by atoms with Gasteiger partial charge in [-0.1, -0.05) is 26.7 Å². The summed E-state index contributed by atoms with van der Waals surface area (Å²) in [7, 11) is -1.99. The number of methoxy groups -OCH3 is 1. The summed E-state index contributed by atoms with van der Waals surface area (Å²) in [4.78, 5) is 24.9. The number of benzene rings is 2. The molecule has 0 aliphatic rings. The van der Waals surface area contributed by atoms with Crippen molar-refractivity contribution in [2.24, 2.45) is 5.73 Å². The molecule has 2 aromatic carbocycles. The second-order valence-electron chi connectivity index (χ2n) is 7.76. The number of hydrogen-bond acceptors (Lipinski definition) is 6. The van der Waals surface area contributed by atoms with Crippen molar-refractivity contribution in [1.29, 1.82) is 0 Å². The Morgan fingerprint density at radius 3 is 2.24 bits per heavy atom. The molecule has 3 rings (SSSR count). The van der Waals surface area contributed by atoms with Gasteiger partial charge in [-0.25, -0.2) is 8.42 Å². The number of nitrogens with two attached hydrogens (primary N) is 1. The van der Waals surface area contributed by atoms with Gasteiger partial charge in [-0.2, -0.15) is 0 Å².